The summed E-state index contributed by atoms with van der Waals surface area (Å²) in [5, 5.41) is 0. The molecule has 2 heterocycles. The Labute approximate surface area is 157 Å². The number of esters is 1. The van der Waals surface area contributed by atoms with Gasteiger partial charge in [-0.15, -0.1) is 0 Å². The van der Waals surface area contributed by atoms with E-state index < -0.39 is 11.6 Å². The van der Waals surface area contributed by atoms with E-state index in [1.165, 1.54) is 6.92 Å². The highest BCUT2D eigenvalue weighted by molar-refractivity contribution is 6.12. The number of pyridine rings is 1. The molecule has 1 unspecified atom stereocenters. The molecule has 0 spiro atoms. The molecular weight excluding hydrogens is 340 g/mol. The van der Waals surface area contributed by atoms with E-state index in [1.807, 2.05) is 66.7 Å². The molecule has 1 aliphatic rings. The number of fused-ring (bicyclic) bond motifs is 1. The maximum Gasteiger partial charge on any atom is 0.304 e. The second-order valence-corrected chi connectivity index (χ2v) is 6.45. The van der Waals surface area contributed by atoms with Gasteiger partial charge in [0.2, 0.25) is 5.60 Å². The zero-order valence-corrected chi connectivity index (χ0v) is 14.8. The number of ether oxygens (including phenoxy) is 1. The molecular formula is C22H18N2O3. The molecule has 5 heteroatoms. The predicted molar refractivity (Wildman–Crippen MR) is 101 cm³/mol. The number of benzene rings is 2. The molecule has 4 rings (SSSR count). The minimum atomic E-state index is -1.40. The second-order valence-electron chi connectivity index (χ2n) is 6.45. The molecule has 0 N–H and O–H groups in total. The molecule has 2 aromatic carbocycles. The highest BCUT2D eigenvalue weighted by Gasteiger charge is 2.54. The predicted octanol–water partition coefficient (Wildman–Crippen LogP) is 3.76. The monoisotopic (exact) mass is 358 g/mol. The summed E-state index contributed by atoms with van der Waals surface area (Å²) in [6, 6.07) is 20.5. The van der Waals surface area contributed by atoms with Gasteiger partial charge < -0.3 is 4.74 Å². The van der Waals surface area contributed by atoms with Gasteiger partial charge in [0.05, 0.1) is 5.69 Å². The summed E-state index contributed by atoms with van der Waals surface area (Å²) in [4.78, 5) is 31.3. The van der Waals surface area contributed by atoms with Crippen molar-refractivity contribution in [3.63, 3.8) is 0 Å². The van der Waals surface area contributed by atoms with Crippen molar-refractivity contribution >= 4 is 23.3 Å². The Kier molecular flexibility index (Phi) is 4.20. The third-order valence-corrected chi connectivity index (χ3v) is 4.66. The molecule has 0 aliphatic carbocycles. The van der Waals surface area contributed by atoms with Crippen LogP contribution in [-0.2, 0) is 26.3 Å². The molecule has 0 saturated heterocycles. The normalized spacial score (nSPS) is 18.3. The lowest BCUT2D eigenvalue weighted by Gasteiger charge is -2.28. The summed E-state index contributed by atoms with van der Waals surface area (Å²) < 4.78 is 5.74. The van der Waals surface area contributed by atoms with Gasteiger partial charge in [-0.1, -0.05) is 36.4 Å². The fourth-order valence-electron chi connectivity index (χ4n) is 3.59. The number of nitrogens with zero attached hydrogens (tertiary/aromatic N) is 2. The average molecular weight is 358 g/mol. The van der Waals surface area contributed by atoms with E-state index in [-0.39, 0.29) is 12.3 Å². The summed E-state index contributed by atoms with van der Waals surface area (Å²) in [6.07, 6.45) is 3.57. The molecule has 1 aliphatic heterocycles. The third kappa shape index (κ3) is 2.87. The van der Waals surface area contributed by atoms with Gasteiger partial charge in [0.15, 0.2) is 0 Å². The topological polar surface area (TPSA) is 59.5 Å². The van der Waals surface area contributed by atoms with Gasteiger partial charge in [0, 0.05) is 37.0 Å². The van der Waals surface area contributed by atoms with Gasteiger partial charge in [0.25, 0.3) is 5.91 Å². The zero-order chi connectivity index (χ0) is 18.9. The molecule has 0 fully saturated rings. The first-order valence-corrected chi connectivity index (χ1v) is 8.69. The molecule has 0 radical (unpaired) electrons. The van der Waals surface area contributed by atoms with Crippen LogP contribution >= 0.6 is 0 Å². The molecule has 0 saturated carbocycles. The molecule has 0 bridgehead atoms. The molecule has 1 amide bonds. The number of aromatic nitrogens is 1. The summed E-state index contributed by atoms with van der Waals surface area (Å²) in [7, 11) is 0. The minimum absolute atomic E-state index is 0.244. The van der Waals surface area contributed by atoms with Gasteiger partial charge in [-0.25, -0.2) is 0 Å². The highest BCUT2D eigenvalue weighted by atomic mass is 16.6. The number of hydrogen-bond donors (Lipinski definition) is 0. The lowest BCUT2D eigenvalue weighted by molar-refractivity contribution is -0.165. The number of amides is 1. The third-order valence-electron chi connectivity index (χ3n) is 4.66. The zero-order valence-electron chi connectivity index (χ0n) is 14.8. The Morgan fingerprint density at radius 3 is 2.37 bits per heavy atom. The highest BCUT2D eigenvalue weighted by Crippen LogP contribution is 2.47. The van der Waals surface area contributed by atoms with Crippen LogP contribution < -0.4 is 4.90 Å². The van der Waals surface area contributed by atoms with Crippen LogP contribution in [0.25, 0.3) is 0 Å². The van der Waals surface area contributed by atoms with E-state index in [4.69, 9.17) is 4.74 Å². The van der Waals surface area contributed by atoms with Crippen molar-refractivity contribution in [1.29, 1.82) is 0 Å². The molecule has 3 aromatic rings. The maximum absolute atomic E-state index is 13.7. The Balaban J connectivity index is 1.90. The minimum Gasteiger partial charge on any atom is -0.444 e. The quantitative estimate of drug-likeness (QED) is 0.666. The number of carbonyl (C=O) groups excluding carboxylic acids is 2. The standard InChI is InChI=1S/C22H18N2O3/c1-16(25)27-22(15-17-11-13-23-14-12-17)19-9-5-6-10-20(19)24(21(22)26)18-7-3-2-4-8-18/h2-14H,15H2,1H3. The van der Waals surface area contributed by atoms with Gasteiger partial charge in [-0.2, -0.15) is 0 Å². The van der Waals surface area contributed by atoms with Gasteiger partial charge in [0.1, 0.15) is 0 Å². The summed E-state index contributed by atoms with van der Waals surface area (Å²) in [5.41, 5.74) is 1.61. The van der Waals surface area contributed by atoms with Crippen molar-refractivity contribution in [2.24, 2.45) is 0 Å². The average Bonchev–Trinajstić information content (AvgIpc) is 2.91. The van der Waals surface area contributed by atoms with Gasteiger partial charge in [-0.3, -0.25) is 19.5 Å². The second kappa shape index (κ2) is 6.68. The van der Waals surface area contributed by atoms with Crippen molar-refractivity contribution in [3.05, 3.63) is 90.3 Å². The van der Waals surface area contributed by atoms with Crippen molar-refractivity contribution in [1.82, 2.24) is 4.98 Å². The van der Waals surface area contributed by atoms with Crippen LogP contribution in [0.3, 0.4) is 0 Å². The van der Waals surface area contributed by atoms with Crippen molar-refractivity contribution in [2.75, 3.05) is 4.90 Å². The first kappa shape index (κ1) is 17.0. The van der Waals surface area contributed by atoms with E-state index in [0.717, 1.165) is 16.9 Å². The Bertz CT molecular complexity index is 989. The lowest BCUT2D eigenvalue weighted by Crippen LogP contribution is -2.43. The number of rotatable bonds is 4. The van der Waals surface area contributed by atoms with Crippen LogP contribution in [0.15, 0.2) is 79.1 Å². The van der Waals surface area contributed by atoms with Crippen molar-refractivity contribution < 1.29 is 14.3 Å². The van der Waals surface area contributed by atoms with Crippen LogP contribution in [0.1, 0.15) is 18.1 Å². The van der Waals surface area contributed by atoms with E-state index in [1.54, 1.807) is 17.3 Å². The van der Waals surface area contributed by atoms with E-state index in [2.05, 4.69) is 4.98 Å². The number of anilines is 2. The van der Waals surface area contributed by atoms with E-state index in [0.29, 0.717) is 5.56 Å². The first-order valence-electron chi connectivity index (χ1n) is 8.69. The Morgan fingerprint density at radius 1 is 1.00 bits per heavy atom. The molecule has 1 aromatic heterocycles. The number of para-hydroxylation sites is 2. The molecule has 134 valence electrons. The number of carbonyl (C=O) groups is 2. The van der Waals surface area contributed by atoms with E-state index in [9.17, 15) is 9.59 Å². The maximum atomic E-state index is 13.7. The molecule has 1 atom stereocenters. The van der Waals surface area contributed by atoms with Crippen molar-refractivity contribution in [3.8, 4) is 0 Å². The van der Waals surface area contributed by atoms with Crippen LogP contribution in [-0.4, -0.2) is 16.9 Å². The fourth-order valence-corrected chi connectivity index (χ4v) is 3.59. The summed E-state index contributed by atoms with van der Waals surface area (Å²) >= 11 is 0. The fraction of sp³-hybridized carbons (Fsp3) is 0.136. The lowest BCUT2D eigenvalue weighted by atomic mass is 9.88. The van der Waals surface area contributed by atoms with Crippen LogP contribution in [0, 0.1) is 0 Å². The van der Waals surface area contributed by atoms with Crippen LogP contribution in [0.2, 0.25) is 0 Å². The largest absolute Gasteiger partial charge is 0.444 e. The number of hydrogen-bond acceptors (Lipinski definition) is 4. The summed E-state index contributed by atoms with van der Waals surface area (Å²) in [5.74, 6) is -0.774. The summed E-state index contributed by atoms with van der Waals surface area (Å²) in [6.45, 7) is 1.33. The molecule has 5 nitrogen and oxygen atoms in total. The van der Waals surface area contributed by atoms with Crippen LogP contribution in [0.4, 0.5) is 11.4 Å². The van der Waals surface area contributed by atoms with Crippen LogP contribution in [0.5, 0.6) is 0 Å². The van der Waals surface area contributed by atoms with Crippen molar-refractivity contribution in [2.45, 2.75) is 18.9 Å². The SMILES string of the molecule is CC(=O)OC1(Cc2ccncc2)C(=O)N(c2ccccc2)c2ccccc21. The van der Waals surface area contributed by atoms with Gasteiger partial charge in [-0.05, 0) is 35.9 Å². The first-order chi connectivity index (χ1) is 13.1. The Morgan fingerprint density at radius 2 is 1.67 bits per heavy atom. The smallest absolute Gasteiger partial charge is 0.304 e. The van der Waals surface area contributed by atoms with E-state index >= 15 is 0 Å². The Hall–Kier alpha value is -3.47. The van der Waals surface area contributed by atoms with Gasteiger partial charge >= 0.3 is 5.97 Å². The molecule has 27 heavy (non-hydrogen) atoms.